The summed E-state index contributed by atoms with van der Waals surface area (Å²) in [5, 5.41) is 2.73. The fourth-order valence-corrected chi connectivity index (χ4v) is 2.92. The predicted octanol–water partition coefficient (Wildman–Crippen LogP) is 4.28. The smallest absolute Gasteiger partial charge is 0.422 e. The predicted molar refractivity (Wildman–Crippen MR) is 89.6 cm³/mol. The van der Waals surface area contributed by atoms with Crippen molar-refractivity contribution >= 4 is 5.91 Å². The van der Waals surface area contributed by atoms with Crippen LogP contribution < -0.4 is 10.1 Å². The summed E-state index contributed by atoms with van der Waals surface area (Å²) in [5.74, 6) is -2.32. The number of carbonyl (C=O) groups excluding carboxylic acids is 1. The molecule has 1 fully saturated rings. The molecule has 4 nitrogen and oxygen atoms in total. The Morgan fingerprint density at radius 3 is 2.68 bits per heavy atom. The van der Waals surface area contributed by atoms with Crippen molar-refractivity contribution in [1.29, 1.82) is 0 Å². The third-order valence-corrected chi connectivity index (χ3v) is 4.45. The zero-order valence-corrected chi connectivity index (χ0v) is 14.8. The lowest BCUT2D eigenvalue weighted by atomic mass is 10.1. The summed E-state index contributed by atoms with van der Waals surface area (Å²) in [4.78, 5) is 16.3. The Balaban J connectivity index is 1.55. The molecule has 1 aromatic heterocycles. The van der Waals surface area contributed by atoms with Crippen LogP contribution in [0.2, 0.25) is 0 Å². The van der Waals surface area contributed by atoms with Crippen LogP contribution in [0, 0.1) is 17.6 Å². The van der Waals surface area contributed by atoms with Gasteiger partial charge < -0.3 is 10.1 Å². The fourth-order valence-electron chi connectivity index (χ4n) is 2.92. The summed E-state index contributed by atoms with van der Waals surface area (Å²) < 4.78 is 68.1. The van der Waals surface area contributed by atoms with Gasteiger partial charge in [0.05, 0.1) is 17.9 Å². The number of nitrogens with one attached hydrogen (secondary N) is 1. The molecule has 0 bridgehead atoms. The third kappa shape index (κ3) is 4.96. The number of benzene rings is 1. The molecule has 0 aliphatic heterocycles. The molecule has 2 aromatic rings. The highest BCUT2D eigenvalue weighted by atomic mass is 19.4. The van der Waals surface area contributed by atoms with Crippen LogP contribution in [0.25, 0.3) is 0 Å². The van der Waals surface area contributed by atoms with E-state index in [2.05, 4.69) is 15.0 Å². The van der Waals surface area contributed by atoms with Gasteiger partial charge in [-0.25, -0.2) is 8.78 Å². The summed E-state index contributed by atoms with van der Waals surface area (Å²) in [6, 6.07) is 5.42. The van der Waals surface area contributed by atoms with E-state index in [0.717, 1.165) is 24.4 Å². The zero-order chi connectivity index (χ0) is 20.5. The fraction of sp³-hybridized carbons (Fsp3) is 0.368. The van der Waals surface area contributed by atoms with E-state index in [1.807, 2.05) is 0 Å². The quantitative estimate of drug-likeness (QED) is 0.737. The van der Waals surface area contributed by atoms with E-state index in [1.165, 1.54) is 12.1 Å². The molecule has 0 saturated heterocycles. The van der Waals surface area contributed by atoms with Crippen LogP contribution in [-0.4, -0.2) is 23.7 Å². The van der Waals surface area contributed by atoms with Crippen LogP contribution >= 0.6 is 0 Å². The van der Waals surface area contributed by atoms with Gasteiger partial charge >= 0.3 is 6.18 Å². The number of amides is 1. The maximum absolute atomic E-state index is 13.8. The molecule has 1 amide bonds. The van der Waals surface area contributed by atoms with E-state index >= 15 is 0 Å². The number of pyridine rings is 1. The van der Waals surface area contributed by atoms with Crippen LogP contribution in [0.1, 0.15) is 36.6 Å². The Labute approximate surface area is 157 Å². The van der Waals surface area contributed by atoms with Crippen LogP contribution in [0.5, 0.6) is 5.75 Å². The van der Waals surface area contributed by atoms with E-state index in [1.54, 1.807) is 6.92 Å². The highest BCUT2D eigenvalue weighted by molar-refractivity contribution is 5.83. The van der Waals surface area contributed by atoms with E-state index in [4.69, 9.17) is 0 Å². The second kappa shape index (κ2) is 7.73. The first-order valence-corrected chi connectivity index (χ1v) is 8.55. The van der Waals surface area contributed by atoms with Crippen molar-refractivity contribution in [3.63, 3.8) is 0 Å². The third-order valence-electron chi connectivity index (χ3n) is 4.45. The van der Waals surface area contributed by atoms with E-state index in [-0.39, 0.29) is 23.1 Å². The summed E-state index contributed by atoms with van der Waals surface area (Å²) in [5.41, 5.74) is 0.610. The molecular weight excluding hydrogens is 383 g/mol. The molecule has 150 valence electrons. The Morgan fingerprint density at radius 1 is 1.29 bits per heavy atom. The number of halogens is 5. The lowest BCUT2D eigenvalue weighted by molar-refractivity contribution is -0.153. The van der Waals surface area contributed by atoms with Crippen molar-refractivity contribution < 1.29 is 31.5 Å². The second-order valence-corrected chi connectivity index (χ2v) is 6.67. The van der Waals surface area contributed by atoms with Gasteiger partial charge in [-0.3, -0.25) is 9.78 Å². The largest absolute Gasteiger partial charge is 0.483 e. The maximum atomic E-state index is 13.8. The van der Waals surface area contributed by atoms with Gasteiger partial charge in [-0.1, -0.05) is 0 Å². The molecule has 1 N–H and O–H groups in total. The second-order valence-electron chi connectivity index (χ2n) is 6.67. The number of nitrogens with zero attached hydrogens (tertiary/aromatic N) is 1. The Hall–Kier alpha value is -2.71. The monoisotopic (exact) mass is 400 g/mol. The molecule has 9 heteroatoms. The van der Waals surface area contributed by atoms with Crippen molar-refractivity contribution in [1.82, 2.24) is 10.3 Å². The molecule has 0 spiro atoms. The van der Waals surface area contributed by atoms with Gasteiger partial charge in [0.15, 0.2) is 6.61 Å². The normalized spacial score (nSPS) is 19.8. The molecule has 0 radical (unpaired) electrons. The van der Waals surface area contributed by atoms with Gasteiger partial charge in [0.2, 0.25) is 5.91 Å². The number of aromatic nitrogens is 1. The number of carbonyl (C=O) groups is 1. The van der Waals surface area contributed by atoms with E-state index in [0.29, 0.717) is 12.1 Å². The Morgan fingerprint density at radius 2 is 2.04 bits per heavy atom. The summed E-state index contributed by atoms with van der Waals surface area (Å²) in [7, 11) is 0. The first-order chi connectivity index (χ1) is 13.1. The molecule has 3 rings (SSSR count). The maximum Gasteiger partial charge on any atom is 0.422 e. The lowest BCUT2D eigenvalue weighted by Crippen LogP contribution is -2.29. The van der Waals surface area contributed by atoms with Gasteiger partial charge in [-0.15, -0.1) is 0 Å². The molecular formula is C19H17F5N2O2. The number of ether oxygens (including phenoxy) is 1. The highest BCUT2D eigenvalue weighted by Crippen LogP contribution is 2.48. The first-order valence-electron chi connectivity index (χ1n) is 8.55. The highest BCUT2D eigenvalue weighted by Gasteiger charge is 2.45. The summed E-state index contributed by atoms with van der Waals surface area (Å²) in [6.07, 6.45) is -2.88. The number of alkyl halides is 3. The van der Waals surface area contributed by atoms with E-state index < -0.39 is 36.4 Å². The van der Waals surface area contributed by atoms with Gasteiger partial charge in [0.1, 0.15) is 17.4 Å². The SMILES string of the molecule is CC(NC(=O)C1CC1c1cc(F)ccc1F)c1ccc(OCC(F)(F)F)cn1. The minimum absolute atomic E-state index is 0.0385. The molecule has 1 heterocycles. The summed E-state index contributed by atoms with van der Waals surface area (Å²) in [6.45, 7) is 0.247. The molecule has 28 heavy (non-hydrogen) atoms. The van der Waals surface area contributed by atoms with E-state index in [9.17, 15) is 26.7 Å². The molecule has 1 aliphatic rings. The van der Waals surface area contributed by atoms with Gasteiger partial charge in [0, 0.05) is 5.92 Å². The molecule has 1 aromatic carbocycles. The number of hydrogen-bond acceptors (Lipinski definition) is 3. The Bertz CT molecular complexity index is 854. The van der Waals surface area contributed by atoms with Gasteiger partial charge in [-0.05, 0) is 55.2 Å². The van der Waals surface area contributed by atoms with Crippen molar-refractivity contribution in [2.45, 2.75) is 31.5 Å². The minimum atomic E-state index is -4.44. The first kappa shape index (κ1) is 20.0. The van der Waals surface area contributed by atoms with Gasteiger partial charge in [-0.2, -0.15) is 13.2 Å². The van der Waals surface area contributed by atoms with Crippen molar-refractivity contribution in [2.24, 2.45) is 5.92 Å². The van der Waals surface area contributed by atoms with Crippen LogP contribution in [-0.2, 0) is 4.79 Å². The minimum Gasteiger partial charge on any atom is -0.483 e. The molecule has 3 atom stereocenters. The molecule has 1 aliphatic carbocycles. The van der Waals surface area contributed by atoms with Crippen LogP contribution in [0.4, 0.5) is 22.0 Å². The standard InChI is InChI=1S/C19H17F5N2O2/c1-10(17-5-3-12(8-25-17)28-9-19(22,23)24)26-18(27)15-7-13(15)14-6-11(20)2-4-16(14)21/h2-6,8,10,13,15H,7,9H2,1H3,(H,26,27). The summed E-state index contributed by atoms with van der Waals surface area (Å²) >= 11 is 0. The lowest BCUT2D eigenvalue weighted by Gasteiger charge is -2.14. The average Bonchev–Trinajstić information content (AvgIpc) is 3.42. The zero-order valence-electron chi connectivity index (χ0n) is 14.8. The topological polar surface area (TPSA) is 51.2 Å². The van der Waals surface area contributed by atoms with Crippen molar-refractivity contribution in [3.05, 3.63) is 59.4 Å². The molecule has 3 unspecified atom stereocenters. The molecule has 1 saturated carbocycles. The van der Waals surface area contributed by atoms with Gasteiger partial charge in [0.25, 0.3) is 0 Å². The van der Waals surface area contributed by atoms with Crippen LogP contribution in [0.3, 0.4) is 0 Å². The van der Waals surface area contributed by atoms with Crippen molar-refractivity contribution in [2.75, 3.05) is 6.61 Å². The average molecular weight is 400 g/mol. The number of rotatable bonds is 6. The Kier molecular flexibility index (Phi) is 5.53. The van der Waals surface area contributed by atoms with Crippen molar-refractivity contribution in [3.8, 4) is 5.75 Å². The number of hydrogen-bond donors (Lipinski definition) is 1. The van der Waals surface area contributed by atoms with Crippen LogP contribution in [0.15, 0.2) is 36.5 Å².